The van der Waals surface area contributed by atoms with Gasteiger partial charge in [0.1, 0.15) is 0 Å². The first-order chi connectivity index (χ1) is 9.48. The summed E-state index contributed by atoms with van der Waals surface area (Å²) in [6.07, 6.45) is 11.6. The summed E-state index contributed by atoms with van der Waals surface area (Å²) in [5.74, 6) is 0. The van der Waals surface area contributed by atoms with E-state index in [1.54, 1.807) is 0 Å². The predicted octanol–water partition coefficient (Wildman–Crippen LogP) is 3.60. The molecule has 3 nitrogen and oxygen atoms in total. The van der Waals surface area contributed by atoms with Crippen LogP contribution in [-0.4, -0.2) is 29.6 Å². The van der Waals surface area contributed by atoms with Gasteiger partial charge in [0.15, 0.2) is 9.84 Å². The van der Waals surface area contributed by atoms with Crippen LogP contribution in [0.25, 0.3) is 0 Å². The van der Waals surface area contributed by atoms with Crippen LogP contribution in [0.1, 0.15) is 84.0 Å². The molecule has 2 aliphatic rings. The van der Waals surface area contributed by atoms with Gasteiger partial charge in [-0.15, -0.1) is 0 Å². The third-order valence-corrected chi connectivity index (χ3v) is 7.86. The van der Waals surface area contributed by atoms with Crippen LogP contribution in [-0.2, 0) is 9.84 Å². The van der Waals surface area contributed by atoms with E-state index in [0.717, 1.165) is 32.1 Å². The second-order valence-electron chi connectivity index (χ2n) is 6.91. The topological polar surface area (TPSA) is 54.4 Å². The first-order valence-corrected chi connectivity index (χ1v) is 10.0. The minimum atomic E-state index is -2.94. The van der Waals surface area contributed by atoms with E-state index >= 15 is 0 Å². The average molecular weight is 302 g/mol. The van der Waals surface area contributed by atoms with Crippen LogP contribution in [0.15, 0.2) is 0 Å². The maximum atomic E-state index is 12.2. The highest BCUT2D eigenvalue weighted by Crippen LogP contribution is 2.43. The zero-order valence-electron chi connectivity index (χ0n) is 12.8. The fourth-order valence-corrected chi connectivity index (χ4v) is 6.60. The molecule has 2 unspecified atom stereocenters. The van der Waals surface area contributed by atoms with Gasteiger partial charge in [0.25, 0.3) is 0 Å². The van der Waals surface area contributed by atoms with Crippen LogP contribution >= 0.6 is 0 Å². The van der Waals surface area contributed by atoms with E-state index in [0.29, 0.717) is 12.8 Å². The van der Waals surface area contributed by atoms with Crippen molar-refractivity contribution in [2.24, 2.45) is 0 Å². The number of rotatable bonds is 7. The van der Waals surface area contributed by atoms with E-state index in [1.165, 1.54) is 32.1 Å². The molecule has 20 heavy (non-hydrogen) atoms. The van der Waals surface area contributed by atoms with Crippen molar-refractivity contribution in [3.05, 3.63) is 0 Å². The predicted molar refractivity (Wildman–Crippen MR) is 82.5 cm³/mol. The molecule has 2 saturated heterocycles. The van der Waals surface area contributed by atoms with Crippen molar-refractivity contribution in [2.45, 2.75) is 100 Å². The molecule has 4 heteroatoms. The third-order valence-electron chi connectivity index (χ3n) is 5.19. The van der Waals surface area contributed by atoms with Crippen LogP contribution in [0, 0.1) is 0 Å². The quantitative estimate of drug-likeness (QED) is 0.731. The smallest absolute Gasteiger partial charge is 0.156 e. The molecule has 0 amide bonds. The van der Waals surface area contributed by atoms with Crippen LogP contribution in [0.5, 0.6) is 0 Å². The Bertz CT molecular complexity index is 382. The lowest BCUT2D eigenvalue weighted by Gasteiger charge is -2.44. The Morgan fingerprint density at radius 2 is 1.55 bits per heavy atom. The molecule has 1 N–H and O–H groups in total. The van der Waals surface area contributed by atoms with E-state index < -0.39 is 15.4 Å². The molecular formula is C16H30O3S. The SMILES string of the molecule is CCCCCCCCC1(O)CC2CCCC(C1)S2(=O)=O. The normalized spacial score (nSPS) is 35.9. The highest BCUT2D eigenvalue weighted by Gasteiger charge is 2.49. The van der Waals surface area contributed by atoms with E-state index in [-0.39, 0.29) is 10.5 Å². The molecule has 2 fully saturated rings. The maximum absolute atomic E-state index is 12.2. The Balaban J connectivity index is 1.80. The number of aliphatic hydroxyl groups is 1. The molecule has 0 aromatic heterocycles. The van der Waals surface area contributed by atoms with Crippen molar-refractivity contribution in [3.8, 4) is 0 Å². The lowest BCUT2D eigenvalue weighted by atomic mass is 9.82. The van der Waals surface area contributed by atoms with Gasteiger partial charge in [-0.2, -0.15) is 0 Å². The van der Waals surface area contributed by atoms with Crippen molar-refractivity contribution in [2.75, 3.05) is 0 Å². The van der Waals surface area contributed by atoms with Gasteiger partial charge in [0.2, 0.25) is 0 Å². The maximum Gasteiger partial charge on any atom is 0.156 e. The first-order valence-electron chi connectivity index (χ1n) is 8.43. The molecule has 0 aromatic carbocycles. The van der Waals surface area contributed by atoms with Gasteiger partial charge in [0, 0.05) is 0 Å². The summed E-state index contributed by atoms with van der Waals surface area (Å²) in [7, 11) is -2.94. The Labute approximate surface area is 124 Å². The Hall–Kier alpha value is -0.0900. The second kappa shape index (κ2) is 6.78. The van der Waals surface area contributed by atoms with E-state index in [9.17, 15) is 13.5 Å². The fourth-order valence-electron chi connectivity index (χ4n) is 3.98. The number of hydrogen-bond donors (Lipinski definition) is 1. The summed E-state index contributed by atoms with van der Waals surface area (Å²) in [6, 6.07) is 0. The second-order valence-corrected chi connectivity index (χ2v) is 9.43. The Morgan fingerprint density at radius 3 is 2.15 bits per heavy atom. The molecule has 0 radical (unpaired) electrons. The van der Waals surface area contributed by atoms with Gasteiger partial charge in [-0.05, 0) is 32.1 Å². The lowest BCUT2D eigenvalue weighted by molar-refractivity contribution is -0.000550. The van der Waals surface area contributed by atoms with Gasteiger partial charge in [-0.3, -0.25) is 0 Å². The highest BCUT2D eigenvalue weighted by atomic mass is 32.2. The average Bonchev–Trinajstić information content (AvgIpc) is 2.36. The Morgan fingerprint density at radius 1 is 1.00 bits per heavy atom. The van der Waals surface area contributed by atoms with Crippen LogP contribution in [0.3, 0.4) is 0 Å². The highest BCUT2D eigenvalue weighted by molar-refractivity contribution is 7.92. The first kappa shape index (κ1) is 16.3. The molecule has 0 saturated carbocycles. The number of unbranched alkanes of at least 4 members (excludes halogenated alkanes) is 5. The lowest BCUT2D eigenvalue weighted by Crippen LogP contribution is -2.51. The molecular weight excluding hydrogens is 272 g/mol. The molecule has 2 atom stereocenters. The number of fused-ring (bicyclic) bond motifs is 2. The summed E-state index contributed by atoms with van der Waals surface area (Å²) >= 11 is 0. The van der Waals surface area contributed by atoms with E-state index in [2.05, 4.69) is 6.92 Å². The molecule has 0 spiro atoms. The number of sulfone groups is 1. The monoisotopic (exact) mass is 302 g/mol. The molecule has 0 aromatic rings. The van der Waals surface area contributed by atoms with Gasteiger partial charge < -0.3 is 5.11 Å². The molecule has 2 heterocycles. The molecule has 118 valence electrons. The van der Waals surface area contributed by atoms with Crippen molar-refractivity contribution in [3.63, 3.8) is 0 Å². The minimum Gasteiger partial charge on any atom is -0.390 e. The standard InChI is InChI=1S/C16H30O3S/c1-2-3-4-5-6-7-11-16(17)12-14-9-8-10-15(13-16)20(14,18)19/h14-15,17H,2-13H2,1H3. The van der Waals surface area contributed by atoms with E-state index in [1.807, 2.05) is 0 Å². The summed E-state index contributed by atoms with van der Waals surface area (Å²) in [4.78, 5) is 0. The van der Waals surface area contributed by atoms with Crippen molar-refractivity contribution in [1.82, 2.24) is 0 Å². The summed E-state index contributed by atoms with van der Waals surface area (Å²) in [6.45, 7) is 2.21. The fraction of sp³-hybridized carbons (Fsp3) is 1.00. The van der Waals surface area contributed by atoms with Crippen molar-refractivity contribution < 1.29 is 13.5 Å². The van der Waals surface area contributed by atoms with Gasteiger partial charge in [0.05, 0.1) is 16.1 Å². The molecule has 2 aliphatic heterocycles. The van der Waals surface area contributed by atoms with Crippen LogP contribution < -0.4 is 0 Å². The number of hydrogen-bond acceptors (Lipinski definition) is 3. The minimum absolute atomic E-state index is 0.264. The summed E-state index contributed by atoms with van der Waals surface area (Å²) < 4.78 is 24.4. The summed E-state index contributed by atoms with van der Waals surface area (Å²) in [5.41, 5.74) is -0.703. The van der Waals surface area contributed by atoms with Gasteiger partial charge in [-0.25, -0.2) is 8.42 Å². The van der Waals surface area contributed by atoms with Crippen molar-refractivity contribution in [1.29, 1.82) is 0 Å². The molecule has 0 aliphatic carbocycles. The van der Waals surface area contributed by atoms with Crippen molar-refractivity contribution >= 4 is 9.84 Å². The largest absolute Gasteiger partial charge is 0.390 e. The van der Waals surface area contributed by atoms with Crippen LogP contribution in [0.2, 0.25) is 0 Å². The van der Waals surface area contributed by atoms with E-state index in [4.69, 9.17) is 0 Å². The Kier molecular flexibility index (Phi) is 5.52. The van der Waals surface area contributed by atoms with Crippen LogP contribution in [0.4, 0.5) is 0 Å². The molecule has 2 bridgehead atoms. The van der Waals surface area contributed by atoms with Gasteiger partial charge >= 0.3 is 0 Å². The summed E-state index contributed by atoms with van der Waals surface area (Å²) in [5, 5.41) is 10.2. The van der Waals surface area contributed by atoms with Gasteiger partial charge in [-0.1, -0.05) is 51.9 Å². The molecule has 2 rings (SSSR count). The zero-order valence-corrected chi connectivity index (χ0v) is 13.6. The zero-order chi connectivity index (χ0) is 14.6. The third kappa shape index (κ3) is 3.76.